The van der Waals surface area contributed by atoms with Crippen LogP contribution in [0.5, 0.6) is 0 Å². The molecule has 0 aromatic carbocycles. The molecule has 1 rings (SSSR count). The first-order valence-electron chi connectivity index (χ1n) is 5.04. The number of hydrogen-bond acceptors (Lipinski definition) is 5. The van der Waals surface area contributed by atoms with E-state index in [0.717, 1.165) is 0 Å². The second-order valence-corrected chi connectivity index (χ2v) is 3.47. The van der Waals surface area contributed by atoms with E-state index in [9.17, 15) is 14.4 Å². The average molecular weight is 237 g/mol. The minimum absolute atomic E-state index is 0.0744. The van der Waals surface area contributed by atoms with E-state index in [0.29, 0.717) is 5.57 Å². The van der Waals surface area contributed by atoms with E-state index < -0.39 is 5.78 Å². The summed E-state index contributed by atoms with van der Waals surface area (Å²) in [7, 11) is 2.60. The van der Waals surface area contributed by atoms with E-state index in [1.807, 2.05) is 0 Å². The fourth-order valence-electron chi connectivity index (χ4n) is 1.67. The predicted octanol–water partition coefficient (Wildman–Crippen LogP) is 0.849. The molecule has 0 aliphatic heterocycles. The Bertz CT molecular complexity index is 428. The van der Waals surface area contributed by atoms with E-state index in [1.54, 1.807) is 6.29 Å². The molecule has 0 saturated heterocycles. The van der Waals surface area contributed by atoms with Crippen LogP contribution in [-0.4, -0.2) is 32.1 Å². The summed E-state index contributed by atoms with van der Waals surface area (Å²) in [5, 5.41) is 0. The molecule has 0 fully saturated rings. The van der Waals surface area contributed by atoms with Crippen molar-refractivity contribution < 1.29 is 23.9 Å². The van der Waals surface area contributed by atoms with Gasteiger partial charge in [-0.05, 0) is 13.3 Å². The molecule has 0 saturated carbocycles. The van der Waals surface area contributed by atoms with Crippen molar-refractivity contribution in [2.24, 2.45) is 0 Å². The topological polar surface area (TPSA) is 69.7 Å². The van der Waals surface area contributed by atoms with Crippen LogP contribution in [0.15, 0.2) is 22.7 Å². The summed E-state index contributed by atoms with van der Waals surface area (Å²) in [5.41, 5.74) is 0.582. The molecular weight excluding hydrogens is 224 g/mol. The van der Waals surface area contributed by atoms with E-state index in [-0.39, 0.29) is 35.7 Å². The van der Waals surface area contributed by atoms with Crippen LogP contribution in [0.1, 0.15) is 19.8 Å². The van der Waals surface area contributed by atoms with Gasteiger partial charge in [0.25, 0.3) is 0 Å². The predicted molar refractivity (Wildman–Crippen MR) is 58.7 cm³/mol. The second-order valence-electron chi connectivity index (χ2n) is 3.47. The van der Waals surface area contributed by atoms with Crippen LogP contribution in [0.25, 0.3) is 0 Å². The van der Waals surface area contributed by atoms with Crippen LogP contribution in [-0.2, 0) is 23.9 Å². The van der Waals surface area contributed by atoms with Crippen LogP contribution in [0.2, 0.25) is 0 Å². The highest BCUT2D eigenvalue weighted by Crippen LogP contribution is 2.27. The Labute approximate surface area is 99.1 Å². The van der Waals surface area contributed by atoms with Gasteiger partial charge in [-0.1, -0.05) is 0 Å². The molecule has 1 radical (unpaired) electrons. The van der Waals surface area contributed by atoms with Crippen molar-refractivity contribution in [3.63, 3.8) is 0 Å². The van der Waals surface area contributed by atoms with Gasteiger partial charge in [-0.3, -0.25) is 14.4 Å². The van der Waals surface area contributed by atoms with Crippen LogP contribution >= 0.6 is 0 Å². The molecule has 1 aliphatic carbocycles. The third-order valence-corrected chi connectivity index (χ3v) is 2.57. The van der Waals surface area contributed by atoms with Gasteiger partial charge < -0.3 is 9.47 Å². The quantitative estimate of drug-likeness (QED) is 0.663. The molecule has 0 amide bonds. The third-order valence-electron chi connectivity index (χ3n) is 2.57. The van der Waals surface area contributed by atoms with Crippen molar-refractivity contribution in [3.05, 3.63) is 22.7 Å². The van der Waals surface area contributed by atoms with Gasteiger partial charge in [0.15, 0.2) is 6.29 Å². The summed E-state index contributed by atoms with van der Waals surface area (Å²) in [6.45, 7) is 1.53. The SMILES string of the molecule is COC1=C(OC)C(=O)C(CC[C]=O)=C(C)C1=O. The number of ketones is 2. The summed E-state index contributed by atoms with van der Waals surface area (Å²) in [6.07, 6.45) is 1.95. The lowest BCUT2D eigenvalue weighted by atomic mass is 9.90. The lowest BCUT2D eigenvalue weighted by molar-refractivity contribution is -0.121. The molecule has 0 aromatic rings. The minimum Gasteiger partial charge on any atom is -0.489 e. The van der Waals surface area contributed by atoms with Gasteiger partial charge in [0.2, 0.25) is 23.1 Å². The van der Waals surface area contributed by atoms with Crippen molar-refractivity contribution in [2.45, 2.75) is 19.8 Å². The fraction of sp³-hybridized carbons (Fsp3) is 0.417. The lowest BCUT2D eigenvalue weighted by Crippen LogP contribution is -2.25. The maximum absolute atomic E-state index is 12.0. The Morgan fingerprint density at radius 3 is 2.06 bits per heavy atom. The molecule has 0 spiro atoms. The molecule has 5 heteroatoms. The zero-order valence-corrected chi connectivity index (χ0v) is 9.96. The summed E-state index contributed by atoms with van der Waals surface area (Å²) in [4.78, 5) is 34.1. The summed E-state index contributed by atoms with van der Waals surface area (Å²) in [5.74, 6) is -0.987. The maximum atomic E-state index is 12.0. The largest absolute Gasteiger partial charge is 0.489 e. The molecular formula is C12H13O5. The van der Waals surface area contributed by atoms with Crippen molar-refractivity contribution in [1.29, 1.82) is 0 Å². The standard InChI is InChI=1S/C12H13O5/c1-7-8(5-4-6-13)10(15)12(17-3)11(16-2)9(7)14/h4-5H2,1-3H3. The molecule has 0 atom stereocenters. The molecule has 5 nitrogen and oxygen atoms in total. The first-order chi connectivity index (χ1) is 8.08. The van der Waals surface area contributed by atoms with E-state index >= 15 is 0 Å². The number of carbonyl (C=O) groups excluding carboxylic acids is 3. The van der Waals surface area contributed by atoms with Crippen LogP contribution < -0.4 is 0 Å². The number of Topliss-reactive ketones (excluding diaryl/α,β-unsaturated/α-hetero) is 2. The Balaban J connectivity index is 3.18. The number of methoxy groups -OCH3 is 2. The summed E-state index contributed by atoms with van der Waals surface area (Å²) < 4.78 is 9.76. The van der Waals surface area contributed by atoms with Gasteiger partial charge in [0.1, 0.15) is 0 Å². The highest BCUT2D eigenvalue weighted by atomic mass is 16.5. The van der Waals surface area contributed by atoms with Crippen molar-refractivity contribution in [1.82, 2.24) is 0 Å². The highest BCUT2D eigenvalue weighted by molar-refractivity contribution is 6.23. The van der Waals surface area contributed by atoms with E-state index in [4.69, 9.17) is 9.47 Å². The van der Waals surface area contributed by atoms with Crippen LogP contribution in [0, 0.1) is 0 Å². The molecule has 0 heterocycles. The number of ether oxygens (including phenoxy) is 2. The highest BCUT2D eigenvalue weighted by Gasteiger charge is 2.34. The number of hydrogen-bond donors (Lipinski definition) is 0. The van der Waals surface area contributed by atoms with Gasteiger partial charge in [-0.25, -0.2) is 0 Å². The molecule has 91 valence electrons. The zero-order valence-electron chi connectivity index (χ0n) is 9.96. The average Bonchev–Trinajstić information content (AvgIpc) is 2.33. The smallest absolute Gasteiger partial charge is 0.228 e. The Hall–Kier alpha value is -1.91. The van der Waals surface area contributed by atoms with Crippen LogP contribution in [0.4, 0.5) is 0 Å². The molecule has 17 heavy (non-hydrogen) atoms. The third kappa shape index (κ3) is 2.27. The van der Waals surface area contributed by atoms with Crippen molar-refractivity contribution >= 4 is 17.9 Å². The monoisotopic (exact) mass is 237 g/mol. The van der Waals surface area contributed by atoms with Gasteiger partial charge >= 0.3 is 0 Å². The zero-order chi connectivity index (χ0) is 13.0. The first kappa shape index (κ1) is 13.2. The van der Waals surface area contributed by atoms with Crippen molar-refractivity contribution in [3.8, 4) is 0 Å². The molecule has 0 aromatic heterocycles. The van der Waals surface area contributed by atoms with Gasteiger partial charge in [-0.2, -0.15) is 0 Å². The lowest BCUT2D eigenvalue weighted by Gasteiger charge is -2.19. The molecule has 0 N–H and O–H groups in total. The van der Waals surface area contributed by atoms with Gasteiger partial charge in [-0.15, -0.1) is 0 Å². The normalized spacial score (nSPS) is 16.4. The number of rotatable bonds is 5. The van der Waals surface area contributed by atoms with E-state index in [2.05, 4.69) is 0 Å². The Morgan fingerprint density at radius 2 is 1.59 bits per heavy atom. The molecule has 1 aliphatic rings. The van der Waals surface area contributed by atoms with Crippen LogP contribution in [0.3, 0.4) is 0 Å². The Kier molecular flexibility index (Phi) is 4.20. The summed E-state index contributed by atoms with van der Waals surface area (Å²) >= 11 is 0. The molecule has 0 unspecified atom stereocenters. The Morgan fingerprint density at radius 1 is 1.06 bits per heavy atom. The van der Waals surface area contributed by atoms with Gasteiger partial charge in [0, 0.05) is 17.6 Å². The maximum Gasteiger partial charge on any atom is 0.228 e. The van der Waals surface area contributed by atoms with E-state index in [1.165, 1.54) is 21.1 Å². The first-order valence-corrected chi connectivity index (χ1v) is 5.04. The molecule has 0 bridgehead atoms. The number of carbonyl (C=O) groups is 2. The minimum atomic E-state index is -0.406. The van der Waals surface area contributed by atoms with Gasteiger partial charge in [0.05, 0.1) is 14.2 Å². The number of allylic oxidation sites excluding steroid dienone is 2. The van der Waals surface area contributed by atoms with Crippen molar-refractivity contribution in [2.75, 3.05) is 14.2 Å². The fourth-order valence-corrected chi connectivity index (χ4v) is 1.67. The second kappa shape index (κ2) is 5.43. The summed E-state index contributed by atoms with van der Waals surface area (Å²) in [6, 6.07) is 0.